The Balaban J connectivity index is 2.19. The largest absolute Gasteiger partial charge is 0.507 e. The van der Waals surface area contributed by atoms with Crippen molar-refractivity contribution in [3.05, 3.63) is 52.8 Å². The van der Waals surface area contributed by atoms with Gasteiger partial charge in [0.05, 0.1) is 10.7 Å². The van der Waals surface area contributed by atoms with Gasteiger partial charge in [0.15, 0.2) is 5.75 Å². The van der Waals surface area contributed by atoms with Crippen LogP contribution in [-0.4, -0.2) is 10.2 Å². The fourth-order valence-electron chi connectivity index (χ4n) is 1.56. The lowest BCUT2D eigenvalue weighted by Gasteiger charge is -2.11. The third-order valence-corrected chi connectivity index (χ3v) is 2.84. The molecule has 0 saturated heterocycles. The number of hydrogen-bond acceptors (Lipinski definition) is 3. The SMILES string of the molecule is Oc1cccc(F)c1CNc1cccc(Cl)c1O. The first-order chi connectivity index (χ1) is 8.59. The van der Waals surface area contributed by atoms with Gasteiger partial charge in [0.1, 0.15) is 11.6 Å². The summed E-state index contributed by atoms with van der Waals surface area (Å²) >= 11 is 5.74. The van der Waals surface area contributed by atoms with Gasteiger partial charge in [0, 0.05) is 12.1 Å². The van der Waals surface area contributed by atoms with Crippen LogP contribution in [0.5, 0.6) is 11.5 Å². The third-order valence-electron chi connectivity index (χ3n) is 2.54. The number of benzene rings is 2. The average molecular weight is 268 g/mol. The summed E-state index contributed by atoms with van der Waals surface area (Å²) in [5.41, 5.74) is 0.516. The maximum absolute atomic E-state index is 13.4. The molecule has 94 valence electrons. The zero-order valence-corrected chi connectivity index (χ0v) is 10.1. The Labute approximate surface area is 108 Å². The maximum atomic E-state index is 13.4. The molecule has 0 aliphatic heterocycles. The van der Waals surface area contributed by atoms with E-state index in [9.17, 15) is 14.6 Å². The van der Waals surface area contributed by atoms with Crippen molar-refractivity contribution in [1.29, 1.82) is 0 Å². The molecular formula is C13H11ClFNO2. The highest BCUT2D eigenvalue weighted by Gasteiger charge is 2.09. The van der Waals surface area contributed by atoms with Crippen molar-refractivity contribution in [2.24, 2.45) is 0 Å². The van der Waals surface area contributed by atoms with Crippen LogP contribution >= 0.6 is 11.6 Å². The van der Waals surface area contributed by atoms with E-state index in [4.69, 9.17) is 11.6 Å². The molecule has 0 fully saturated rings. The van der Waals surface area contributed by atoms with Crippen LogP contribution in [-0.2, 0) is 6.54 Å². The first-order valence-electron chi connectivity index (χ1n) is 5.27. The molecule has 0 aliphatic carbocycles. The van der Waals surface area contributed by atoms with Crippen LogP contribution in [0.3, 0.4) is 0 Å². The zero-order chi connectivity index (χ0) is 13.1. The number of phenolic OH excluding ortho intramolecular Hbond substituents is 2. The molecule has 0 heterocycles. The second-order valence-electron chi connectivity index (χ2n) is 3.73. The summed E-state index contributed by atoms with van der Waals surface area (Å²) in [4.78, 5) is 0. The molecule has 2 aromatic rings. The van der Waals surface area contributed by atoms with Crippen molar-refractivity contribution in [3.8, 4) is 11.5 Å². The molecule has 0 amide bonds. The van der Waals surface area contributed by atoms with Crippen LogP contribution in [0.1, 0.15) is 5.56 Å². The number of anilines is 1. The second kappa shape index (κ2) is 5.14. The Kier molecular flexibility index (Phi) is 3.58. The van der Waals surface area contributed by atoms with Gasteiger partial charge in [0.2, 0.25) is 0 Å². The smallest absolute Gasteiger partial charge is 0.157 e. The molecule has 0 aromatic heterocycles. The van der Waals surface area contributed by atoms with Crippen molar-refractivity contribution in [1.82, 2.24) is 0 Å². The topological polar surface area (TPSA) is 52.5 Å². The second-order valence-corrected chi connectivity index (χ2v) is 4.13. The van der Waals surface area contributed by atoms with Crippen LogP contribution in [0, 0.1) is 5.82 Å². The molecule has 3 nitrogen and oxygen atoms in total. The molecule has 0 atom stereocenters. The lowest BCUT2D eigenvalue weighted by Crippen LogP contribution is -2.02. The fraction of sp³-hybridized carbons (Fsp3) is 0.0769. The molecule has 0 saturated carbocycles. The Morgan fingerprint density at radius 1 is 1.11 bits per heavy atom. The highest BCUT2D eigenvalue weighted by Crippen LogP contribution is 2.32. The van der Waals surface area contributed by atoms with E-state index in [1.807, 2.05) is 0 Å². The number of halogens is 2. The molecule has 0 bridgehead atoms. The van der Waals surface area contributed by atoms with E-state index in [0.29, 0.717) is 5.69 Å². The Morgan fingerprint density at radius 3 is 2.56 bits per heavy atom. The summed E-state index contributed by atoms with van der Waals surface area (Å²) in [6.07, 6.45) is 0. The average Bonchev–Trinajstić information content (AvgIpc) is 2.33. The number of para-hydroxylation sites is 1. The predicted octanol–water partition coefficient (Wildman–Crippen LogP) is 3.50. The zero-order valence-electron chi connectivity index (χ0n) is 9.32. The molecule has 0 aliphatic rings. The first kappa shape index (κ1) is 12.5. The van der Waals surface area contributed by atoms with E-state index < -0.39 is 5.82 Å². The Morgan fingerprint density at radius 2 is 1.83 bits per heavy atom. The summed E-state index contributed by atoms with van der Waals surface area (Å²) in [6.45, 7) is 0.0480. The van der Waals surface area contributed by atoms with Gasteiger partial charge in [-0.1, -0.05) is 23.7 Å². The fourth-order valence-corrected chi connectivity index (χ4v) is 1.74. The predicted molar refractivity (Wildman–Crippen MR) is 68.5 cm³/mol. The number of rotatable bonds is 3. The van der Waals surface area contributed by atoms with Gasteiger partial charge in [-0.25, -0.2) is 4.39 Å². The normalized spacial score (nSPS) is 10.3. The maximum Gasteiger partial charge on any atom is 0.157 e. The third kappa shape index (κ3) is 2.49. The summed E-state index contributed by atoms with van der Waals surface area (Å²) in [6, 6.07) is 8.89. The molecule has 3 N–H and O–H groups in total. The summed E-state index contributed by atoms with van der Waals surface area (Å²) in [7, 11) is 0. The van der Waals surface area contributed by atoms with Crippen LogP contribution < -0.4 is 5.32 Å². The Bertz CT molecular complexity index is 555. The van der Waals surface area contributed by atoms with Crippen molar-refractivity contribution >= 4 is 17.3 Å². The minimum absolute atomic E-state index is 0.0480. The highest BCUT2D eigenvalue weighted by atomic mass is 35.5. The van der Waals surface area contributed by atoms with Crippen molar-refractivity contribution in [2.75, 3.05) is 5.32 Å². The van der Waals surface area contributed by atoms with E-state index in [1.165, 1.54) is 18.2 Å². The minimum atomic E-state index is -0.510. The quantitative estimate of drug-likeness (QED) is 0.746. The van der Waals surface area contributed by atoms with Gasteiger partial charge in [-0.15, -0.1) is 0 Å². The number of phenols is 2. The highest BCUT2D eigenvalue weighted by molar-refractivity contribution is 6.32. The monoisotopic (exact) mass is 267 g/mol. The van der Waals surface area contributed by atoms with Gasteiger partial charge in [0.25, 0.3) is 0 Å². The molecule has 5 heteroatoms. The van der Waals surface area contributed by atoms with Gasteiger partial charge in [-0.2, -0.15) is 0 Å². The number of hydrogen-bond donors (Lipinski definition) is 3. The molecule has 0 unspecified atom stereocenters. The molecule has 2 aromatic carbocycles. The van der Waals surface area contributed by atoms with Crippen molar-refractivity contribution in [3.63, 3.8) is 0 Å². The lowest BCUT2D eigenvalue weighted by atomic mass is 10.2. The molecular weight excluding hydrogens is 257 g/mol. The summed E-state index contributed by atoms with van der Waals surface area (Å²) < 4.78 is 13.4. The van der Waals surface area contributed by atoms with Gasteiger partial charge < -0.3 is 15.5 Å². The van der Waals surface area contributed by atoms with Gasteiger partial charge in [-0.05, 0) is 24.3 Å². The molecule has 2 rings (SSSR count). The number of aromatic hydroxyl groups is 2. The molecule has 0 spiro atoms. The summed E-state index contributed by atoms with van der Waals surface area (Å²) in [5.74, 6) is -0.747. The molecule has 0 radical (unpaired) electrons. The van der Waals surface area contributed by atoms with Crippen LogP contribution in [0.4, 0.5) is 10.1 Å². The van der Waals surface area contributed by atoms with E-state index in [1.54, 1.807) is 18.2 Å². The van der Waals surface area contributed by atoms with E-state index in [0.717, 1.165) is 0 Å². The van der Waals surface area contributed by atoms with Crippen molar-refractivity contribution in [2.45, 2.75) is 6.54 Å². The standard InChI is InChI=1S/C13H11ClFNO2/c14-9-3-1-5-11(13(9)18)16-7-8-10(15)4-2-6-12(8)17/h1-6,16-18H,7H2. The van der Waals surface area contributed by atoms with Crippen LogP contribution in [0.2, 0.25) is 5.02 Å². The van der Waals surface area contributed by atoms with Crippen molar-refractivity contribution < 1.29 is 14.6 Å². The van der Waals surface area contributed by atoms with Crippen LogP contribution in [0.25, 0.3) is 0 Å². The summed E-state index contributed by atoms with van der Waals surface area (Å²) in [5, 5.41) is 22.2. The van der Waals surface area contributed by atoms with Gasteiger partial charge >= 0.3 is 0 Å². The van der Waals surface area contributed by atoms with Gasteiger partial charge in [-0.3, -0.25) is 0 Å². The van der Waals surface area contributed by atoms with E-state index in [-0.39, 0.29) is 28.6 Å². The van der Waals surface area contributed by atoms with E-state index >= 15 is 0 Å². The lowest BCUT2D eigenvalue weighted by molar-refractivity contribution is 0.459. The minimum Gasteiger partial charge on any atom is -0.507 e. The Hall–Kier alpha value is -1.94. The number of nitrogens with one attached hydrogen (secondary N) is 1. The first-order valence-corrected chi connectivity index (χ1v) is 5.65. The molecule has 18 heavy (non-hydrogen) atoms. The van der Waals surface area contributed by atoms with Crippen LogP contribution in [0.15, 0.2) is 36.4 Å². The van der Waals surface area contributed by atoms with E-state index in [2.05, 4.69) is 5.32 Å².